The van der Waals surface area contributed by atoms with Gasteiger partial charge in [0.25, 0.3) is 0 Å². The van der Waals surface area contributed by atoms with E-state index in [1.807, 2.05) is 59.7 Å². The Morgan fingerprint density at radius 1 is 1.12 bits per heavy atom. The number of aryl methyl sites for hydroxylation is 1. The van der Waals surface area contributed by atoms with Gasteiger partial charge in [-0.15, -0.1) is 0 Å². The highest BCUT2D eigenvalue weighted by atomic mass is 35.5. The SMILES string of the molecule is CCn1ncc2ccc(-c3cc(CO[C@@](C)(CC)C(C)=O)nn3Cc3ccccc3Cl)cc21. The van der Waals surface area contributed by atoms with Gasteiger partial charge in [-0.3, -0.25) is 14.2 Å². The van der Waals surface area contributed by atoms with Gasteiger partial charge in [0, 0.05) is 22.5 Å². The normalized spacial score (nSPS) is 13.4. The number of hydrogen-bond donors (Lipinski definition) is 0. The fraction of sp³-hybridized carbons (Fsp3) is 0.346. The third kappa shape index (κ3) is 4.72. The van der Waals surface area contributed by atoms with Crippen LogP contribution in [0.4, 0.5) is 0 Å². The first-order valence-corrected chi connectivity index (χ1v) is 11.6. The molecule has 6 nitrogen and oxygen atoms in total. The molecule has 0 aliphatic heterocycles. The molecule has 4 rings (SSSR count). The van der Waals surface area contributed by atoms with E-state index in [4.69, 9.17) is 21.4 Å². The minimum absolute atomic E-state index is 0.0130. The Kier molecular flexibility index (Phi) is 6.68. The summed E-state index contributed by atoms with van der Waals surface area (Å²) in [5.41, 5.74) is 4.00. The number of ketones is 1. The first kappa shape index (κ1) is 23.2. The fourth-order valence-corrected chi connectivity index (χ4v) is 4.04. The topological polar surface area (TPSA) is 61.9 Å². The number of benzene rings is 2. The minimum atomic E-state index is -0.820. The van der Waals surface area contributed by atoms with Gasteiger partial charge in [0.15, 0.2) is 5.78 Å². The molecule has 0 N–H and O–H groups in total. The Morgan fingerprint density at radius 2 is 1.91 bits per heavy atom. The summed E-state index contributed by atoms with van der Waals surface area (Å²) in [4.78, 5) is 12.1. The number of halogens is 1. The molecule has 2 heterocycles. The van der Waals surface area contributed by atoms with Crippen LogP contribution in [-0.4, -0.2) is 30.9 Å². The molecule has 0 aliphatic carbocycles. The lowest BCUT2D eigenvalue weighted by Crippen LogP contribution is -2.35. The Hall–Kier alpha value is -2.96. The van der Waals surface area contributed by atoms with E-state index >= 15 is 0 Å². The van der Waals surface area contributed by atoms with Crippen molar-refractivity contribution in [3.63, 3.8) is 0 Å². The number of carbonyl (C=O) groups excluding carboxylic acids is 1. The van der Waals surface area contributed by atoms with Gasteiger partial charge in [0.2, 0.25) is 0 Å². The van der Waals surface area contributed by atoms with E-state index in [1.54, 1.807) is 6.92 Å². The zero-order valence-corrected chi connectivity index (χ0v) is 20.3. The molecule has 4 aromatic rings. The van der Waals surface area contributed by atoms with Gasteiger partial charge in [-0.2, -0.15) is 10.2 Å². The van der Waals surface area contributed by atoms with E-state index in [9.17, 15) is 4.79 Å². The molecule has 0 saturated heterocycles. The van der Waals surface area contributed by atoms with Gasteiger partial charge in [0.05, 0.1) is 36.3 Å². The predicted molar refractivity (Wildman–Crippen MR) is 131 cm³/mol. The van der Waals surface area contributed by atoms with Gasteiger partial charge >= 0.3 is 0 Å². The number of hydrogen-bond acceptors (Lipinski definition) is 4. The van der Waals surface area contributed by atoms with E-state index in [0.717, 1.165) is 40.0 Å². The molecule has 0 bridgehead atoms. The second-order valence-electron chi connectivity index (χ2n) is 8.43. The van der Waals surface area contributed by atoms with Crippen molar-refractivity contribution in [3.8, 4) is 11.3 Å². The number of fused-ring (bicyclic) bond motifs is 1. The fourth-order valence-electron chi connectivity index (χ4n) is 3.85. The molecule has 0 unspecified atom stereocenters. The minimum Gasteiger partial charge on any atom is -0.361 e. The van der Waals surface area contributed by atoms with Crippen molar-refractivity contribution < 1.29 is 9.53 Å². The highest BCUT2D eigenvalue weighted by Gasteiger charge is 2.29. The van der Waals surface area contributed by atoms with Crippen LogP contribution in [0.15, 0.2) is 54.7 Å². The summed E-state index contributed by atoms with van der Waals surface area (Å²) in [6.45, 7) is 9.00. The van der Waals surface area contributed by atoms with Gasteiger partial charge in [-0.1, -0.05) is 48.9 Å². The number of rotatable bonds is 9. The summed E-state index contributed by atoms with van der Waals surface area (Å²) in [5, 5.41) is 11.1. The third-order valence-corrected chi connectivity index (χ3v) is 6.68. The molecule has 1 atom stereocenters. The van der Waals surface area contributed by atoms with Crippen molar-refractivity contribution in [2.24, 2.45) is 0 Å². The molecular weight excluding hydrogens is 436 g/mol. The summed E-state index contributed by atoms with van der Waals surface area (Å²) in [6, 6.07) is 16.1. The van der Waals surface area contributed by atoms with Gasteiger partial charge < -0.3 is 4.74 Å². The average Bonchev–Trinajstić information content (AvgIpc) is 3.42. The number of Topliss-reactive ketones (excluding diaryl/α,β-unsaturated/α-hetero) is 1. The van der Waals surface area contributed by atoms with Crippen LogP contribution >= 0.6 is 11.6 Å². The van der Waals surface area contributed by atoms with Crippen molar-refractivity contribution >= 4 is 28.3 Å². The summed E-state index contributed by atoms with van der Waals surface area (Å²) < 4.78 is 9.97. The zero-order valence-electron chi connectivity index (χ0n) is 19.5. The van der Waals surface area contributed by atoms with Crippen molar-refractivity contribution in [1.29, 1.82) is 0 Å². The molecule has 33 heavy (non-hydrogen) atoms. The predicted octanol–water partition coefficient (Wildman–Crippen LogP) is 5.90. The smallest absolute Gasteiger partial charge is 0.161 e. The van der Waals surface area contributed by atoms with Crippen molar-refractivity contribution in [3.05, 3.63) is 71.0 Å². The third-order valence-electron chi connectivity index (χ3n) is 6.31. The van der Waals surface area contributed by atoms with Crippen LogP contribution in [0.5, 0.6) is 0 Å². The Bertz CT molecular complexity index is 1290. The summed E-state index contributed by atoms with van der Waals surface area (Å²) in [6.07, 6.45) is 2.49. The average molecular weight is 465 g/mol. The van der Waals surface area contributed by atoms with E-state index in [-0.39, 0.29) is 12.4 Å². The molecule has 0 spiro atoms. The highest BCUT2D eigenvalue weighted by molar-refractivity contribution is 6.31. The molecule has 0 saturated carbocycles. The molecule has 172 valence electrons. The van der Waals surface area contributed by atoms with E-state index in [1.165, 1.54) is 0 Å². The van der Waals surface area contributed by atoms with Crippen LogP contribution < -0.4 is 0 Å². The van der Waals surface area contributed by atoms with Gasteiger partial charge in [0.1, 0.15) is 5.60 Å². The maximum atomic E-state index is 12.1. The second kappa shape index (κ2) is 9.49. The van der Waals surface area contributed by atoms with Crippen LogP contribution in [0.2, 0.25) is 5.02 Å². The Labute approximate surface area is 199 Å². The first-order valence-electron chi connectivity index (χ1n) is 11.3. The molecule has 0 aliphatic rings. The molecule has 0 amide bonds. The van der Waals surface area contributed by atoms with Crippen LogP contribution in [0.1, 0.15) is 45.4 Å². The van der Waals surface area contributed by atoms with Crippen LogP contribution in [0, 0.1) is 0 Å². The van der Waals surface area contributed by atoms with Crippen LogP contribution in [0.3, 0.4) is 0 Å². The number of nitrogens with zero attached hydrogens (tertiary/aromatic N) is 4. The van der Waals surface area contributed by atoms with E-state index < -0.39 is 5.60 Å². The van der Waals surface area contributed by atoms with Crippen LogP contribution in [-0.2, 0) is 29.2 Å². The maximum absolute atomic E-state index is 12.1. The molecule has 0 radical (unpaired) electrons. The molecule has 2 aromatic heterocycles. The Balaban J connectivity index is 1.74. The zero-order chi connectivity index (χ0) is 23.6. The van der Waals surface area contributed by atoms with E-state index in [2.05, 4.69) is 30.2 Å². The van der Waals surface area contributed by atoms with Crippen molar-refractivity contribution in [2.45, 2.75) is 59.4 Å². The summed E-state index contributed by atoms with van der Waals surface area (Å²) in [7, 11) is 0. The quantitative estimate of drug-likeness (QED) is 0.309. The maximum Gasteiger partial charge on any atom is 0.161 e. The van der Waals surface area contributed by atoms with Gasteiger partial charge in [-0.05, 0) is 51.0 Å². The Morgan fingerprint density at radius 3 is 2.61 bits per heavy atom. The largest absolute Gasteiger partial charge is 0.361 e. The first-order chi connectivity index (χ1) is 15.8. The number of ether oxygens (including phenoxy) is 1. The monoisotopic (exact) mass is 464 g/mol. The van der Waals surface area contributed by atoms with Crippen LogP contribution in [0.25, 0.3) is 22.2 Å². The van der Waals surface area contributed by atoms with Crippen molar-refractivity contribution in [1.82, 2.24) is 19.6 Å². The number of carbonyl (C=O) groups is 1. The number of aromatic nitrogens is 4. The lowest BCUT2D eigenvalue weighted by atomic mass is 9.99. The highest BCUT2D eigenvalue weighted by Crippen LogP contribution is 2.28. The molecule has 0 fully saturated rings. The lowest BCUT2D eigenvalue weighted by Gasteiger charge is -2.25. The second-order valence-corrected chi connectivity index (χ2v) is 8.84. The standard InChI is InChI=1S/C26H29ClN4O2/c1-5-26(4,18(3)32)33-17-22-14-25(31(29-22)16-21-9-7-8-10-23(21)27)19-11-12-20-15-28-30(6-2)24(20)13-19/h7-15H,5-6,16-17H2,1-4H3/t26-/m0/s1. The van der Waals surface area contributed by atoms with Gasteiger partial charge in [-0.25, -0.2) is 0 Å². The summed E-state index contributed by atoms with van der Waals surface area (Å²) in [5.74, 6) is 0.0130. The van der Waals surface area contributed by atoms with Crippen molar-refractivity contribution in [2.75, 3.05) is 0 Å². The molecule has 7 heteroatoms. The summed E-state index contributed by atoms with van der Waals surface area (Å²) >= 11 is 6.44. The molecule has 2 aromatic carbocycles. The van der Waals surface area contributed by atoms with E-state index in [0.29, 0.717) is 18.0 Å². The molecular formula is C26H29ClN4O2. The lowest BCUT2D eigenvalue weighted by molar-refractivity contribution is -0.142.